The van der Waals surface area contributed by atoms with E-state index in [1.807, 2.05) is 6.07 Å². The minimum Gasteiger partial charge on any atom is -0.387 e. The maximum atomic E-state index is 10.1. The molecule has 0 aliphatic carbocycles. The Balaban J connectivity index is 2.05. The number of nitriles is 1. The summed E-state index contributed by atoms with van der Waals surface area (Å²) in [6.07, 6.45) is -0.713. The van der Waals surface area contributed by atoms with Gasteiger partial charge in [0, 0.05) is 6.54 Å². The summed E-state index contributed by atoms with van der Waals surface area (Å²) in [6.45, 7) is 0.273. The molecular weight excluding hydrogens is 295 g/mol. The fraction of sp³-hybridized carbons (Fsp3) is 0.133. The molecule has 1 unspecified atom stereocenters. The number of halogens is 2. The van der Waals surface area contributed by atoms with Crippen molar-refractivity contribution >= 4 is 28.9 Å². The number of benzene rings is 2. The summed E-state index contributed by atoms with van der Waals surface area (Å²) < 4.78 is 0. The Morgan fingerprint density at radius 1 is 1.10 bits per heavy atom. The standard InChI is InChI=1S/C15H12Cl2N2O/c16-12-2-1-3-13(17)15(12)19-9-14(20)11-6-4-10(8-18)5-7-11/h1-7,14,19-20H,9H2. The molecule has 2 N–H and O–H groups in total. The molecule has 0 aromatic heterocycles. The van der Waals surface area contributed by atoms with E-state index in [0.717, 1.165) is 5.56 Å². The number of hydrogen-bond acceptors (Lipinski definition) is 3. The fourth-order valence-electron chi connectivity index (χ4n) is 1.76. The van der Waals surface area contributed by atoms with Gasteiger partial charge in [-0.25, -0.2) is 0 Å². The molecule has 0 saturated heterocycles. The average Bonchev–Trinajstić information content (AvgIpc) is 2.46. The van der Waals surface area contributed by atoms with Crippen LogP contribution in [0.1, 0.15) is 17.2 Å². The molecule has 0 heterocycles. The lowest BCUT2D eigenvalue weighted by molar-refractivity contribution is 0.191. The van der Waals surface area contributed by atoms with Crippen molar-refractivity contribution in [2.24, 2.45) is 0 Å². The van der Waals surface area contributed by atoms with Crippen LogP contribution in [0.2, 0.25) is 10.0 Å². The molecule has 0 radical (unpaired) electrons. The van der Waals surface area contributed by atoms with Crippen LogP contribution in [0.25, 0.3) is 0 Å². The highest BCUT2D eigenvalue weighted by atomic mass is 35.5. The number of hydrogen-bond donors (Lipinski definition) is 2. The minimum absolute atomic E-state index is 0.273. The first kappa shape index (κ1) is 14.7. The molecule has 5 heteroatoms. The lowest BCUT2D eigenvalue weighted by Crippen LogP contribution is -2.12. The molecule has 102 valence electrons. The number of aliphatic hydroxyl groups excluding tert-OH is 1. The predicted molar refractivity (Wildman–Crippen MR) is 81.1 cm³/mol. The highest BCUT2D eigenvalue weighted by molar-refractivity contribution is 6.39. The average molecular weight is 307 g/mol. The van der Waals surface area contributed by atoms with E-state index < -0.39 is 6.10 Å². The van der Waals surface area contributed by atoms with Crippen molar-refractivity contribution in [3.63, 3.8) is 0 Å². The molecular formula is C15H12Cl2N2O. The topological polar surface area (TPSA) is 56.0 Å². The van der Waals surface area contributed by atoms with Gasteiger partial charge in [0.1, 0.15) is 0 Å². The Bertz CT molecular complexity index is 615. The largest absolute Gasteiger partial charge is 0.387 e. The number of aliphatic hydroxyl groups is 1. The first-order valence-corrected chi connectivity index (χ1v) is 6.73. The van der Waals surface area contributed by atoms with Gasteiger partial charge in [-0.05, 0) is 29.8 Å². The van der Waals surface area contributed by atoms with Crippen LogP contribution < -0.4 is 5.32 Å². The third kappa shape index (κ3) is 3.43. The second-order valence-electron chi connectivity index (χ2n) is 4.23. The number of anilines is 1. The van der Waals surface area contributed by atoms with Crippen molar-refractivity contribution in [1.82, 2.24) is 0 Å². The fourth-order valence-corrected chi connectivity index (χ4v) is 2.29. The third-order valence-electron chi connectivity index (χ3n) is 2.86. The summed E-state index contributed by atoms with van der Waals surface area (Å²) in [5, 5.41) is 22.9. The van der Waals surface area contributed by atoms with Gasteiger partial charge < -0.3 is 10.4 Å². The zero-order valence-electron chi connectivity index (χ0n) is 10.5. The molecule has 0 bridgehead atoms. The molecule has 0 amide bonds. The molecule has 2 aromatic carbocycles. The quantitative estimate of drug-likeness (QED) is 0.897. The van der Waals surface area contributed by atoms with E-state index in [4.69, 9.17) is 28.5 Å². The van der Waals surface area contributed by atoms with Crippen LogP contribution in [0.4, 0.5) is 5.69 Å². The molecule has 20 heavy (non-hydrogen) atoms. The minimum atomic E-state index is -0.713. The van der Waals surface area contributed by atoms with Gasteiger partial charge in [0.15, 0.2) is 0 Å². The maximum Gasteiger partial charge on any atom is 0.0991 e. The smallest absolute Gasteiger partial charge is 0.0991 e. The third-order valence-corrected chi connectivity index (χ3v) is 3.49. The van der Waals surface area contributed by atoms with Crippen molar-refractivity contribution in [2.75, 3.05) is 11.9 Å². The summed E-state index contributed by atoms with van der Waals surface area (Å²) in [5.74, 6) is 0. The van der Waals surface area contributed by atoms with E-state index in [1.54, 1.807) is 42.5 Å². The lowest BCUT2D eigenvalue weighted by Gasteiger charge is -2.15. The van der Waals surface area contributed by atoms with Crippen LogP contribution in [0.3, 0.4) is 0 Å². The van der Waals surface area contributed by atoms with Gasteiger partial charge in [0.2, 0.25) is 0 Å². The normalized spacial score (nSPS) is 11.7. The van der Waals surface area contributed by atoms with Crippen LogP contribution in [0, 0.1) is 11.3 Å². The lowest BCUT2D eigenvalue weighted by atomic mass is 10.1. The van der Waals surface area contributed by atoms with Crippen molar-refractivity contribution < 1.29 is 5.11 Å². The molecule has 0 spiro atoms. The van der Waals surface area contributed by atoms with Gasteiger partial charge in [0.25, 0.3) is 0 Å². The maximum absolute atomic E-state index is 10.1. The summed E-state index contributed by atoms with van der Waals surface area (Å²) in [4.78, 5) is 0. The van der Waals surface area contributed by atoms with E-state index >= 15 is 0 Å². The van der Waals surface area contributed by atoms with Crippen molar-refractivity contribution in [3.05, 3.63) is 63.6 Å². The first-order valence-electron chi connectivity index (χ1n) is 5.98. The van der Waals surface area contributed by atoms with E-state index in [-0.39, 0.29) is 6.54 Å². The SMILES string of the molecule is N#Cc1ccc(C(O)CNc2c(Cl)cccc2Cl)cc1. The summed E-state index contributed by atoms with van der Waals surface area (Å²) in [5.41, 5.74) is 1.88. The molecule has 2 rings (SSSR count). The van der Waals surface area contributed by atoms with Crippen molar-refractivity contribution in [3.8, 4) is 6.07 Å². The zero-order chi connectivity index (χ0) is 14.5. The molecule has 1 atom stereocenters. The molecule has 0 saturated carbocycles. The molecule has 2 aromatic rings. The molecule has 0 aliphatic heterocycles. The Hall–Kier alpha value is -1.73. The van der Waals surface area contributed by atoms with Crippen LogP contribution in [0.15, 0.2) is 42.5 Å². The van der Waals surface area contributed by atoms with Crippen LogP contribution in [-0.2, 0) is 0 Å². The Labute approximate surface area is 127 Å². The van der Waals surface area contributed by atoms with Gasteiger partial charge >= 0.3 is 0 Å². The second-order valence-corrected chi connectivity index (χ2v) is 5.04. The number of nitrogens with one attached hydrogen (secondary N) is 1. The predicted octanol–water partition coefficient (Wildman–Crippen LogP) is 4.01. The Morgan fingerprint density at radius 3 is 2.25 bits per heavy atom. The summed E-state index contributed by atoms with van der Waals surface area (Å²) in [6, 6.07) is 14.0. The number of para-hydroxylation sites is 1. The number of rotatable bonds is 4. The zero-order valence-corrected chi connectivity index (χ0v) is 12.0. The van der Waals surface area contributed by atoms with Gasteiger partial charge in [-0.15, -0.1) is 0 Å². The van der Waals surface area contributed by atoms with Gasteiger partial charge in [0.05, 0.1) is 33.5 Å². The van der Waals surface area contributed by atoms with E-state index in [0.29, 0.717) is 21.3 Å². The van der Waals surface area contributed by atoms with Crippen molar-refractivity contribution in [2.45, 2.75) is 6.10 Å². The Morgan fingerprint density at radius 2 is 1.70 bits per heavy atom. The van der Waals surface area contributed by atoms with E-state index in [1.165, 1.54) is 0 Å². The molecule has 3 nitrogen and oxygen atoms in total. The van der Waals surface area contributed by atoms with E-state index in [9.17, 15) is 5.11 Å². The van der Waals surface area contributed by atoms with E-state index in [2.05, 4.69) is 5.32 Å². The van der Waals surface area contributed by atoms with Crippen LogP contribution in [-0.4, -0.2) is 11.7 Å². The van der Waals surface area contributed by atoms with Gasteiger partial charge in [-0.1, -0.05) is 41.4 Å². The monoisotopic (exact) mass is 306 g/mol. The van der Waals surface area contributed by atoms with Crippen LogP contribution >= 0.6 is 23.2 Å². The summed E-state index contributed by atoms with van der Waals surface area (Å²) >= 11 is 12.1. The second kappa shape index (κ2) is 6.62. The summed E-state index contributed by atoms with van der Waals surface area (Å²) in [7, 11) is 0. The first-order chi connectivity index (χ1) is 9.61. The molecule has 0 aliphatic rings. The van der Waals surface area contributed by atoms with Gasteiger partial charge in [-0.2, -0.15) is 5.26 Å². The van der Waals surface area contributed by atoms with Crippen LogP contribution in [0.5, 0.6) is 0 Å². The highest BCUT2D eigenvalue weighted by Gasteiger charge is 2.10. The molecule has 0 fully saturated rings. The Kier molecular flexibility index (Phi) is 4.86. The van der Waals surface area contributed by atoms with Crippen molar-refractivity contribution in [1.29, 1.82) is 5.26 Å². The number of nitrogens with zero attached hydrogens (tertiary/aromatic N) is 1. The van der Waals surface area contributed by atoms with Gasteiger partial charge in [-0.3, -0.25) is 0 Å². The highest BCUT2D eigenvalue weighted by Crippen LogP contribution is 2.30.